The minimum atomic E-state index is -3.76. The van der Waals surface area contributed by atoms with Crippen molar-refractivity contribution < 1.29 is 18.0 Å². The van der Waals surface area contributed by atoms with Crippen LogP contribution in [0.3, 0.4) is 0 Å². The van der Waals surface area contributed by atoms with Gasteiger partial charge in [-0.3, -0.25) is 13.9 Å². The van der Waals surface area contributed by atoms with E-state index in [2.05, 4.69) is 21.2 Å². The standard InChI is InChI=1S/C26H34BrN3O4S/c1-19-11-7-8-12-21(19)17-29(20(2)26(32)28-22-13-5-4-6-14-22)25(31)18-30(35(3,33)34)24-16-10-9-15-23(24)27/h7-12,15-16,20,22H,4-6,13-14,17-18H2,1-3H3,(H,28,32)/t20-/m1/s1. The number of para-hydroxylation sites is 1. The Balaban J connectivity index is 1.89. The molecule has 0 spiro atoms. The molecule has 1 N–H and O–H groups in total. The second-order valence-electron chi connectivity index (χ2n) is 9.19. The number of amides is 2. The van der Waals surface area contributed by atoms with Crippen molar-refractivity contribution in [1.29, 1.82) is 0 Å². The quantitative estimate of drug-likeness (QED) is 0.490. The second kappa shape index (κ2) is 12.0. The van der Waals surface area contributed by atoms with Gasteiger partial charge in [-0.2, -0.15) is 0 Å². The number of rotatable bonds is 9. The molecule has 0 radical (unpaired) electrons. The van der Waals surface area contributed by atoms with E-state index >= 15 is 0 Å². The van der Waals surface area contributed by atoms with E-state index in [1.807, 2.05) is 31.2 Å². The summed E-state index contributed by atoms with van der Waals surface area (Å²) in [6, 6.07) is 13.9. The lowest BCUT2D eigenvalue weighted by Gasteiger charge is -2.33. The number of hydrogen-bond donors (Lipinski definition) is 1. The van der Waals surface area contributed by atoms with Crippen LogP contribution in [0.1, 0.15) is 50.2 Å². The Morgan fingerprint density at radius 1 is 1.06 bits per heavy atom. The molecule has 1 aliphatic carbocycles. The summed E-state index contributed by atoms with van der Waals surface area (Å²) in [5.41, 5.74) is 2.28. The molecule has 0 aromatic heterocycles. The van der Waals surface area contributed by atoms with Crippen LogP contribution in [0.2, 0.25) is 0 Å². The van der Waals surface area contributed by atoms with E-state index < -0.39 is 28.5 Å². The van der Waals surface area contributed by atoms with Gasteiger partial charge in [0.05, 0.1) is 11.9 Å². The summed E-state index contributed by atoms with van der Waals surface area (Å²) >= 11 is 3.39. The fraction of sp³-hybridized carbons (Fsp3) is 0.462. The molecule has 0 unspecified atom stereocenters. The Morgan fingerprint density at radius 2 is 1.69 bits per heavy atom. The van der Waals surface area contributed by atoms with Gasteiger partial charge < -0.3 is 10.2 Å². The number of nitrogens with one attached hydrogen (secondary N) is 1. The number of carbonyl (C=O) groups is 2. The molecule has 35 heavy (non-hydrogen) atoms. The van der Waals surface area contributed by atoms with E-state index in [1.54, 1.807) is 31.2 Å². The average molecular weight is 565 g/mol. The molecule has 0 heterocycles. The molecule has 190 valence electrons. The minimum absolute atomic E-state index is 0.113. The molecule has 2 aromatic carbocycles. The highest BCUT2D eigenvalue weighted by Crippen LogP contribution is 2.28. The number of aryl methyl sites for hydroxylation is 1. The van der Waals surface area contributed by atoms with Gasteiger partial charge in [0.25, 0.3) is 0 Å². The van der Waals surface area contributed by atoms with Crippen LogP contribution >= 0.6 is 15.9 Å². The molecule has 1 saturated carbocycles. The summed E-state index contributed by atoms with van der Waals surface area (Å²) in [4.78, 5) is 28.3. The van der Waals surface area contributed by atoms with Crippen LogP contribution < -0.4 is 9.62 Å². The molecule has 0 aliphatic heterocycles. The largest absolute Gasteiger partial charge is 0.352 e. The van der Waals surface area contributed by atoms with Crippen molar-refractivity contribution in [2.45, 2.75) is 64.6 Å². The summed E-state index contributed by atoms with van der Waals surface area (Å²) in [5.74, 6) is -0.661. The third-order valence-corrected chi connectivity index (χ3v) is 8.32. The first-order chi connectivity index (χ1) is 16.6. The molecule has 0 bridgehead atoms. The first kappa shape index (κ1) is 27.2. The zero-order chi connectivity index (χ0) is 25.6. The molecule has 3 rings (SSSR count). The molecule has 0 saturated heterocycles. The summed E-state index contributed by atoms with van der Waals surface area (Å²) in [6.45, 7) is 3.46. The fourth-order valence-corrected chi connectivity index (χ4v) is 5.85. The van der Waals surface area contributed by atoms with Gasteiger partial charge in [-0.1, -0.05) is 55.7 Å². The number of anilines is 1. The first-order valence-electron chi connectivity index (χ1n) is 11.9. The summed E-state index contributed by atoms with van der Waals surface area (Å²) in [6.07, 6.45) is 6.30. The Morgan fingerprint density at radius 3 is 2.31 bits per heavy atom. The maximum Gasteiger partial charge on any atom is 0.244 e. The van der Waals surface area contributed by atoms with Gasteiger partial charge in [-0.15, -0.1) is 0 Å². The zero-order valence-electron chi connectivity index (χ0n) is 20.5. The van der Waals surface area contributed by atoms with Gasteiger partial charge in [-0.05, 0) is 65.9 Å². The van der Waals surface area contributed by atoms with Crippen LogP contribution in [0.15, 0.2) is 53.0 Å². The van der Waals surface area contributed by atoms with E-state index in [0.717, 1.165) is 47.4 Å². The SMILES string of the molecule is Cc1ccccc1CN(C(=O)CN(c1ccccc1Br)S(C)(=O)=O)[C@H](C)C(=O)NC1CCCCC1. The number of benzene rings is 2. The predicted molar refractivity (Wildman–Crippen MR) is 143 cm³/mol. The van der Waals surface area contributed by atoms with Gasteiger partial charge in [0.1, 0.15) is 12.6 Å². The van der Waals surface area contributed by atoms with Crippen molar-refractivity contribution in [3.05, 3.63) is 64.1 Å². The maximum absolute atomic E-state index is 13.7. The third kappa shape index (κ3) is 7.30. The maximum atomic E-state index is 13.7. The van der Waals surface area contributed by atoms with Crippen LogP contribution in [0, 0.1) is 6.92 Å². The highest BCUT2D eigenvalue weighted by molar-refractivity contribution is 9.10. The highest BCUT2D eigenvalue weighted by Gasteiger charge is 2.31. The number of nitrogens with zero attached hydrogens (tertiary/aromatic N) is 2. The van der Waals surface area contributed by atoms with Crippen molar-refractivity contribution in [2.75, 3.05) is 17.1 Å². The molecule has 1 aliphatic rings. The van der Waals surface area contributed by atoms with E-state index in [4.69, 9.17) is 0 Å². The Bertz CT molecular complexity index is 1150. The van der Waals surface area contributed by atoms with E-state index in [0.29, 0.717) is 10.2 Å². The van der Waals surface area contributed by atoms with Gasteiger partial charge >= 0.3 is 0 Å². The average Bonchev–Trinajstić information content (AvgIpc) is 2.82. The molecule has 9 heteroatoms. The van der Waals surface area contributed by atoms with Crippen LogP contribution in [0.4, 0.5) is 5.69 Å². The molecule has 2 aromatic rings. The van der Waals surface area contributed by atoms with Crippen LogP contribution in [-0.2, 0) is 26.2 Å². The van der Waals surface area contributed by atoms with E-state index in [9.17, 15) is 18.0 Å². The van der Waals surface area contributed by atoms with Crippen LogP contribution in [-0.4, -0.2) is 50.0 Å². The van der Waals surface area contributed by atoms with Gasteiger partial charge in [0.2, 0.25) is 21.8 Å². The molecular formula is C26H34BrN3O4S. The van der Waals surface area contributed by atoms with Crippen LogP contribution in [0.25, 0.3) is 0 Å². The highest BCUT2D eigenvalue weighted by atomic mass is 79.9. The number of halogens is 1. The normalized spacial score (nSPS) is 15.3. The Hall–Kier alpha value is -2.39. The Labute approximate surface area is 217 Å². The van der Waals surface area contributed by atoms with Crippen molar-refractivity contribution in [3.8, 4) is 0 Å². The first-order valence-corrected chi connectivity index (χ1v) is 14.6. The van der Waals surface area contributed by atoms with Crippen molar-refractivity contribution in [2.24, 2.45) is 0 Å². The lowest BCUT2D eigenvalue weighted by molar-refractivity contribution is -0.139. The molecule has 1 atom stereocenters. The van der Waals surface area contributed by atoms with Gasteiger partial charge in [0.15, 0.2) is 0 Å². The van der Waals surface area contributed by atoms with Crippen molar-refractivity contribution in [1.82, 2.24) is 10.2 Å². The lowest BCUT2D eigenvalue weighted by atomic mass is 9.95. The van der Waals surface area contributed by atoms with Gasteiger partial charge in [-0.25, -0.2) is 8.42 Å². The Kier molecular flexibility index (Phi) is 9.35. The topological polar surface area (TPSA) is 86.8 Å². The van der Waals surface area contributed by atoms with Crippen molar-refractivity contribution >= 4 is 43.5 Å². The lowest BCUT2D eigenvalue weighted by Crippen LogP contribution is -2.53. The number of sulfonamides is 1. The molecule has 7 nitrogen and oxygen atoms in total. The number of carbonyl (C=O) groups excluding carboxylic acids is 2. The monoisotopic (exact) mass is 563 g/mol. The fourth-order valence-electron chi connectivity index (χ4n) is 4.37. The predicted octanol–water partition coefficient (Wildman–Crippen LogP) is 4.39. The van der Waals surface area contributed by atoms with Crippen LogP contribution in [0.5, 0.6) is 0 Å². The molecule has 1 fully saturated rings. The summed E-state index contributed by atoms with van der Waals surface area (Å²) < 4.78 is 27.0. The third-order valence-electron chi connectivity index (χ3n) is 6.52. The van der Waals surface area contributed by atoms with E-state index in [1.165, 1.54) is 11.3 Å². The summed E-state index contributed by atoms with van der Waals surface area (Å²) in [5, 5.41) is 3.11. The molecule has 2 amide bonds. The number of hydrogen-bond acceptors (Lipinski definition) is 4. The smallest absolute Gasteiger partial charge is 0.244 e. The van der Waals surface area contributed by atoms with E-state index in [-0.39, 0.29) is 18.5 Å². The second-order valence-corrected chi connectivity index (χ2v) is 11.9. The zero-order valence-corrected chi connectivity index (χ0v) is 22.9. The van der Waals surface area contributed by atoms with Gasteiger partial charge in [0, 0.05) is 17.1 Å². The minimum Gasteiger partial charge on any atom is -0.352 e. The molecular weight excluding hydrogens is 530 g/mol. The summed E-state index contributed by atoms with van der Waals surface area (Å²) in [7, 11) is -3.76. The van der Waals surface area contributed by atoms with Crippen molar-refractivity contribution in [3.63, 3.8) is 0 Å².